The van der Waals surface area contributed by atoms with E-state index in [1.54, 1.807) is 4.31 Å². The van der Waals surface area contributed by atoms with Crippen molar-refractivity contribution >= 4 is 27.3 Å². The molecular formula is C13H17ClN2O3S. The number of hydrogen-bond acceptors (Lipinski definition) is 4. The number of sulfonamides is 1. The fourth-order valence-electron chi connectivity index (χ4n) is 3.30. The highest BCUT2D eigenvalue weighted by atomic mass is 35.5. The van der Waals surface area contributed by atoms with E-state index in [2.05, 4.69) is 0 Å². The van der Waals surface area contributed by atoms with Gasteiger partial charge in [0.15, 0.2) is 0 Å². The number of piperidine rings is 1. The van der Waals surface area contributed by atoms with Gasteiger partial charge in [-0.15, -0.1) is 0 Å². The summed E-state index contributed by atoms with van der Waals surface area (Å²) in [5, 5.41) is 10.1. The van der Waals surface area contributed by atoms with Gasteiger partial charge in [0.1, 0.15) is 0 Å². The third kappa shape index (κ3) is 2.20. The number of nitrogens with zero attached hydrogens (tertiary/aromatic N) is 1. The third-order valence-electron chi connectivity index (χ3n) is 4.18. The van der Waals surface area contributed by atoms with Gasteiger partial charge in [0.25, 0.3) is 0 Å². The van der Waals surface area contributed by atoms with E-state index < -0.39 is 16.1 Å². The summed E-state index contributed by atoms with van der Waals surface area (Å²) in [6.45, 7) is 0. The normalized spacial score (nSPS) is 30.6. The van der Waals surface area contributed by atoms with E-state index in [1.165, 1.54) is 18.2 Å². The second kappa shape index (κ2) is 4.87. The Bertz CT molecular complexity index is 621. The van der Waals surface area contributed by atoms with Crippen LogP contribution in [0.1, 0.15) is 25.7 Å². The Kier molecular flexibility index (Phi) is 3.44. The number of anilines is 1. The predicted octanol–water partition coefficient (Wildman–Crippen LogP) is 1.60. The summed E-state index contributed by atoms with van der Waals surface area (Å²) >= 11 is 5.84. The molecule has 1 aromatic rings. The molecule has 0 aromatic heterocycles. The van der Waals surface area contributed by atoms with Crippen LogP contribution in [0.2, 0.25) is 5.02 Å². The Hall–Kier alpha value is -0.820. The summed E-state index contributed by atoms with van der Waals surface area (Å²) in [5.74, 6) is 0. The average molecular weight is 317 g/mol. The minimum Gasteiger partial charge on any atom is -0.397 e. The van der Waals surface area contributed by atoms with Gasteiger partial charge in [-0.1, -0.05) is 11.6 Å². The lowest BCUT2D eigenvalue weighted by molar-refractivity contribution is 0.0769. The maximum absolute atomic E-state index is 12.8. The highest BCUT2D eigenvalue weighted by Crippen LogP contribution is 2.40. The van der Waals surface area contributed by atoms with Crippen LogP contribution in [0.25, 0.3) is 0 Å². The van der Waals surface area contributed by atoms with Gasteiger partial charge in [-0.25, -0.2) is 8.42 Å². The standard InChI is InChI=1S/C13H17ClN2O3S/c14-12-4-3-11(7-13(12)15)20(18,19)16-8-1-2-9(16)6-10(17)5-8/h3-4,7-10,17H,1-2,5-6,15H2. The highest BCUT2D eigenvalue weighted by molar-refractivity contribution is 7.89. The highest BCUT2D eigenvalue weighted by Gasteiger charge is 2.46. The number of nitrogens with two attached hydrogens (primary N) is 1. The van der Waals surface area contributed by atoms with Crippen LogP contribution in [-0.4, -0.2) is 36.0 Å². The molecule has 110 valence electrons. The molecule has 2 saturated heterocycles. The van der Waals surface area contributed by atoms with Gasteiger partial charge in [0.2, 0.25) is 10.0 Å². The van der Waals surface area contributed by atoms with E-state index in [9.17, 15) is 13.5 Å². The molecule has 2 fully saturated rings. The number of rotatable bonds is 2. The van der Waals surface area contributed by atoms with Crippen LogP contribution in [0.15, 0.2) is 23.1 Å². The maximum Gasteiger partial charge on any atom is 0.243 e. The molecular weight excluding hydrogens is 300 g/mol. The minimum absolute atomic E-state index is 0.106. The Labute approximate surface area is 123 Å². The topological polar surface area (TPSA) is 83.6 Å². The first-order valence-corrected chi connectivity index (χ1v) is 8.48. The van der Waals surface area contributed by atoms with E-state index in [1.807, 2.05) is 0 Å². The lowest BCUT2D eigenvalue weighted by Crippen LogP contribution is -2.47. The molecule has 1 aromatic carbocycles. The summed E-state index contributed by atoms with van der Waals surface area (Å²) in [5.41, 5.74) is 5.96. The van der Waals surface area contributed by atoms with Crippen LogP contribution in [0.3, 0.4) is 0 Å². The van der Waals surface area contributed by atoms with Crippen molar-refractivity contribution in [1.29, 1.82) is 0 Å². The Morgan fingerprint density at radius 3 is 2.40 bits per heavy atom. The van der Waals surface area contributed by atoms with Crippen LogP contribution in [0, 0.1) is 0 Å². The molecule has 0 amide bonds. The quantitative estimate of drug-likeness (QED) is 0.812. The molecule has 2 aliphatic heterocycles. The van der Waals surface area contributed by atoms with Gasteiger partial charge in [-0.2, -0.15) is 4.31 Å². The fraction of sp³-hybridized carbons (Fsp3) is 0.538. The van der Waals surface area contributed by atoms with Gasteiger partial charge >= 0.3 is 0 Å². The molecule has 0 aliphatic carbocycles. The molecule has 2 unspecified atom stereocenters. The Balaban J connectivity index is 1.98. The van der Waals surface area contributed by atoms with Crippen LogP contribution in [0.4, 0.5) is 5.69 Å². The zero-order chi connectivity index (χ0) is 14.5. The van der Waals surface area contributed by atoms with Crippen LogP contribution in [0.5, 0.6) is 0 Å². The molecule has 2 bridgehead atoms. The van der Waals surface area contributed by atoms with E-state index in [-0.39, 0.29) is 22.7 Å². The molecule has 0 saturated carbocycles. The largest absolute Gasteiger partial charge is 0.397 e. The Morgan fingerprint density at radius 1 is 1.25 bits per heavy atom. The number of fused-ring (bicyclic) bond motifs is 2. The summed E-state index contributed by atoms with van der Waals surface area (Å²) in [7, 11) is -3.58. The van der Waals surface area contributed by atoms with Crippen molar-refractivity contribution in [3.63, 3.8) is 0 Å². The minimum atomic E-state index is -3.58. The van der Waals surface area contributed by atoms with Crippen molar-refractivity contribution in [2.45, 2.75) is 48.8 Å². The number of benzene rings is 1. The third-order valence-corrected chi connectivity index (χ3v) is 6.53. The van der Waals surface area contributed by atoms with E-state index in [4.69, 9.17) is 17.3 Å². The van der Waals surface area contributed by atoms with Crippen LogP contribution >= 0.6 is 11.6 Å². The van der Waals surface area contributed by atoms with Gasteiger partial charge in [0, 0.05) is 12.1 Å². The smallest absolute Gasteiger partial charge is 0.243 e. The zero-order valence-electron chi connectivity index (χ0n) is 10.9. The first-order valence-electron chi connectivity index (χ1n) is 6.66. The summed E-state index contributed by atoms with van der Waals surface area (Å²) in [4.78, 5) is 0.174. The molecule has 2 atom stereocenters. The van der Waals surface area contributed by atoms with Crippen molar-refractivity contribution in [3.05, 3.63) is 23.2 Å². The van der Waals surface area contributed by atoms with Gasteiger partial charge in [0.05, 0.1) is 21.7 Å². The molecule has 3 rings (SSSR count). The van der Waals surface area contributed by atoms with Crippen molar-refractivity contribution in [2.75, 3.05) is 5.73 Å². The molecule has 0 radical (unpaired) electrons. The summed E-state index contributed by atoms with van der Waals surface area (Å²) in [6, 6.07) is 4.18. The first-order chi connectivity index (χ1) is 9.39. The van der Waals surface area contributed by atoms with E-state index in [0.717, 1.165) is 12.8 Å². The van der Waals surface area contributed by atoms with E-state index in [0.29, 0.717) is 17.9 Å². The molecule has 5 nitrogen and oxygen atoms in total. The zero-order valence-corrected chi connectivity index (χ0v) is 12.4. The molecule has 20 heavy (non-hydrogen) atoms. The lowest BCUT2D eigenvalue weighted by Gasteiger charge is -2.36. The molecule has 3 N–H and O–H groups in total. The van der Waals surface area contributed by atoms with Gasteiger partial charge in [-0.3, -0.25) is 0 Å². The van der Waals surface area contributed by atoms with Crippen molar-refractivity contribution < 1.29 is 13.5 Å². The molecule has 7 heteroatoms. The number of nitrogen functional groups attached to an aromatic ring is 1. The Morgan fingerprint density at radius 2 is 1.85 bits per heavy atom. The number of halogens is 1. The second-order valence-corrected chi connectivity index (χ2v) is 7.78. The second-order valence-electron chi connectivity index (χ2n) is 5.53. The first kappa shape index (κ1) is 14.1. The average Bonchev–Trinajstić information content (AvgIpc) is 2.66. The molecule has 2 heterocycles. The van der Waals surface area contributed by atoms with Gasteiger partial charge < -0.3 is 10.8 Å². The van der Waals surface area contributed by atoms with Crippen molar-refractivity contribution in [3.8, 4) is 0 Å². The van der Waals surface area contributed by atoms with Crippen LogP contribution in [-0.2, 0) is 10.0 Å². The number of aliphatic hydroxyl groups is 1. The van der Waals surface area contributed by atoms with E-state index >= 15 is 0 Å². The van der Waals surface area contributed by atoms with Crippen molar-refractivity contribution in [1.82, 2.24) is 4.31 Å². The summed E-state index contributed by atoms with van der Waals surface area (Å²) in [6.07, 6.45) is 2.25. The monoisotopic (exact) mass is 316 g/mol. The van der Waals surface area contributed by atoms with Crippen LogP contribution < -0.4 is 5.73 Å². The van der Waals surface area contributed by atoms with Gasteiger partial charge in [-0.05, 0) is 43.9 Å². The number of aliphatic hydroxyl groups excluding tert-OH is 1. The predicted molar refractivity (Wildman–Crippen MR) is 76.9 cm³/mol. The van der Waals surface area contributed by atoms with Crippen molar-refractivity contribution in [2.24, 2.45) is 0 Å². The molecule has 2 aliphatic rings. The molecule has 0 spiro atoms. The lowest BCUT2D eigenvalue weighted by atomic mass is 10.0. The SMILES string of the molecule is Nc1cc(S(=O)(=O)N2C3CCC2CC(O)C3)ccc1Cl. The fourth-order valence-corrected chi connectivity index (χ4v) is 5.35. The maximum atomic E-state index is 12.8. The number of hydrogen-bond donors (Lipinski definition) is 2. The summed E-state index contributed by atoms with van der Waals surface area (Å²) < 4.78 is 27.1.